The van der Waals surface area contributed by atoms with E-state index in [9.17, 15) is 4.79 Å². The van der Waals surface area contributed by atoms with E-state index >= 15 is 0 Å². The van der Waals surface area contributed by atoms with Crippen LogP contribution in [-0.2, 0) is 6.54 Å². The number of benzene rings is 1. The summed E-state index contributed by atoms with van der Waals surface area (Å²) in [6.07, 6.45) is 1.54. The lowest BCUT2D eigenvalue weighted by atomic mass is 10.2. The summed E-state index contributed by atoms with van der Waals surface area (Å²) in [4.78, 5) is 17.6. The van der Waals surface area contributed by atoms with Crippen molar-refractivity contribution in [2.75, 3.05) is 14.2 Å². The van der Waals surface area contributed by atoms with Gasteiger partial charge in [-0.1, -0.05) is 6.07 Å². The molecule has 2 heterocycles. The molecular formula is C17H16N2O4S. The van der Waals surface area contributed by atoms with Crippen molar-refractivity contribution >= 4 is 17.2 Å². The van der Waals surface area contributed by atoms with Gasteiger partial charge in [-0.15, -0.1) is 11.3 Å². The minimum atomic E-state index is -0.243. The number of thiophene rings is 1. The van der Waals surface area contributed by atoms with Crippen LogP contribution in [0.2, 0.25) is 0 Å². The molecule has 2 aromatic heterocycles. The smallest absolute Gasteiger partial charge is 0.251 e. The molecule has 0 aliphatic rings. The van der Waals surface area contributed by atoms with Crippen LogP contribution in [0.25, 0.3) is 10.8 Å². The third-order valence-electron chi connectivity index (χ3n) is 3.33. The van der Waals surface area contributed by atoms with E-state index < -0.39 is 0 Å². The van der Waals surface area contributed by atoms with Crippen LogP contribution in [0.5, 0.6) is 11.5 Å². The van der Waals surface area contributed by atoms with Crippen molar-refractivity contribution in [3.63, 3.8) is 0 Å². The molecule has 3 rings (SSSR count). The molecule has 0 radical (unpaired) electrons. The molecule has 1 aromatic carbocycles. The average Bonchev–Trinajstić information content (AvgIpc) is 3.30. The van der Waals surface area contributed by atoms with Gasteiger partial charge in [0.1, 0.15) is 17.8 Å². The maximum atomic E-state index is 12.3. The minimum absolute atomic E-state index is 0.243. The van der Waals surface area contributed by atoms with Crippen molar-refractivity contribution in [1.29, 1.82) is 0 Å². The van der Waals surface area contributed by atoms with Crippen LogP contribution in [0.3, 0.4) is 0 Å². The van der Waals surface area contributed by atoms with Gasteiger partial charge in [0.25, 0.3) is 5.91 Å². The largest absolute Gasteiger partial charge is 0.497 e. The fourth-order valence-corrected chi connectivity index (χ4v) is 2.77. The van der Waals surface area contributed by atoms with Gasteiger partial charge in [-0.25, -0.2) is 4.98 Å². The van der Waals surface area contributed by atoms with E-state index in [0.717, 1.165) is 4.88 Å². The van der Waals surface area contributed by atoms with Gasteiger partial charge < -0.3 is 19.2 Å². The SMILES string of the molecule is COc1cc(OC)cc(C(=O)NCc2coc(-c3cccs3)n2)c1. The molecule has 6 nitrogen and oxygen atoms in total. The third-order valence-corrected chi connectivity index (χ3v) is 4.19. The number of hydrogen-bond acceptors (Lipinski definition) is 6. The van der Waals surface area contributed by atoms with E-state index in [1.807, 2.05) is 17.5 Å². The molecule has 0 aliphatic heterocycles. The number of aromatic nitrogens is 1. The van der Waals surface area contributed by atoms with Crippen molar-refractivity contribution in [2.45, 2.75) is 6.54 Å². The number of nitrogens with one attached hydrogen (secondary N) is 1. The lowest BCUT2D eigenvalue weighted by Crippen LogP contribution is -2.23. The number of hydrogen-bond donors (Lipinski definition) is 1. The Labute approximate surface area is 143 Å². The van der Waals surface area contributed by atoms with Crippen molar-refractivity contribution in [3.8, 4) is 22.3 Å². The van der Waals surface area contributed by atoms with Crippen molar-refractivity contribution in [2.24, 2.45) is 0 Å². The summed E-state index contributed by atoms with van der Waals surface area (Å²) in [7, 11) is 3.08. The summed E-state index contributed by atoms with van der Waals surface area (Å²) in [5.41, 5.74) is 1.11. The van der Waals surface area contributed by atoms with Gasteiger partial charge >= 0.3 is 0 Å². The first-order valence-electron chi connectivity index (χ1n) is 7.19. The standard InChI is InChI=1S/C17H16N2O4S/c1-21-13-6-11(7-14(8-13)22-2)16(20)18-9-12-10-23-17(19-12)15-4-3-5-24-15/h3-8,10H,9H2,1-2H3,(H,18,20). The van der Waals surface area contributed by atoms with Gasteiger partial charge in [0.05, 0.1) is 31.3 Å². The zero-order valence-corrected chi connectivity index (χ0v) is 14.1. The second-order valence-electron chi connectivity index (χ2n) is 4.91. The molecule has 0 atom stereocenters. The summed E-state index contributed by atoms with van der Waals surface area (Å²) >= 11 is 1.55. The van der Waals surface area contributed by atoms with Crippen LogP contribution in [0, 0.1) is 0 Å². The van der Waals surface area contributed by atoms with Crippen molar-refractivity contribution in [3.05, 3.63) is 53.2 Å². The second-order valence-corrected chi connectivity index (χ2v) is 5.85. The number of amides is 1. The Morgan fingerprint density at radius 2 is 2.00 bits per heavy atom. The molecule has 124 valence electrons. The first-order chi connectivity index (χ1) is 11.7. The molecule has 1 N–H and O–H groups in total. The van der Waals surface area contributed by atoms with Crippen LogP contribution in [0.4, 0.5) is 0 Å². The lowest BCUT2D eigenvalue weighted by molar-refractivity contribution is 0.0949. The molecule has 0 saturated carbocycles. The first kappa shape index (κ1) is 16.1. The molecule has 3 aromatic rings. The molecule has 0 aliphatic carbocycles. The first-order valence-corrected chi connectivity index (χ1v) is 8.07. The Bertz CT molecular complexity index is 805. The monoisotopic (exact) mass is 344 g/mol. The van der Waals surface area contributed by atoms with E-state index in [4.69, 9.17) is 13.9 Å². The second kappa shape index (κ2) is 7.18. The molecular weight excluding hydrogens is 328 g/mol. The fraction of sp³-hybridized carbons (Fsp3) is 0.176. The van der Waals surface area contributed by atoms with Crippen molar-refractivity contribution < 1.29 is 18.7 Å². The Morgan fingerprint density at radius 3 is 2.62 bits per heavy atom. The Kier molecular flexibility index (Phi) is 4.81. The summed E-state index contributed by atoms with van der Waals surface area (Å²) in [5.74, 6) is 1.42. The molecule has 0 spiro atoms. The summed E-state index contributed by atoms with van der Waals surface area (Å²) in [5, 5.41) is 4.76. The van der Waals surface area contributed by atoms with Crippen LogP contribution >= 0.6 is 11.3 Å². The number of rotatable bonds is 6. The predicted octanol–water partition coefficient (Wildman–Crippen LogP) is 3.35. The van der Waals surface area contributed by atoms with E-state index in [1.54, 1.807) is 35.8 Å². The quantitative estimate of drug-likeness (QED) is 0.742. The minimum Gasteiger partial charge on any atom is -0.497 e. The highest BCUT2D eigenvalue weighted by atomic mass is 32.1. The van der Waals surface area contributed by atoms with Crippen LogP contribution in [-0.4, -0.2) is 25.1 Å². The Hall–Kier alpha value is -2.80. The number of carbonyl (C=O) groups is 1. The highest BCUT2D eigenvalue weighted by molar-refractivity contribution is 7.13. The van der Waals surface area contributed by atoms with Crippen LogP contribution in [0.1, 0.15) is 16.1 Å². The summed E-state index contributed by atoms with van der Waals surface area (Å²) in [6.45, 7) is 0.271. The van der Waals surface area contributed by atoms with Crippen molar-refractivity contribution in [1.82, 2.24) is 10.3 Å². The number of nitrogens with zero attached hydrogens (tertiary/aromatic N) is 1. The topological polar surface area (TPSA) is 73.6 Å². The predicted molar refractivity (Wildman–Crippen MR) is 90.5 cm³/mol. The number of carbonyl (C=O) groups excluding carboxylic acids is 1. The molecule has 7 heteroatoms. The lowest BCUT2D eigenvalue weighted by Gasteiger charge is -2.08. The van der Waals surface area contributed by atoms with Gasteiger partial charge in [0.2, 0.25) is 5.89 Å². The fourth-order valence-electron chi connectivity index (χ4n) is 2.11. The highest BCUT2D eigenvalue weighted by Crippen LogP contribution is 2.24. The number of ether oxygens (including phenoxy) is 2. The Balaban J connectivity index is 1.67. The molecule has 0 saturated heterocycles. The average molecular weight is 344 g/mol. The molecule has 0 bridgehead atoms. The molecule has 0 fully saturated rings. The van der Waals surface area contributed by atoms with E-state index in [1.165, 1.54) is 14.2 Å². The number of oxazole rings is 1. The molecule has 1 amide bonds. The maximum Gasteiger partial charge on any atom is 0.251 e. The van der Waals surface area contributed by atoms with Gasteiger partial charge in [-0.2, -0.15) is 0 Å². The summed E-state index contributed by atoms with van der Waals surface area (Å²) < 4.78 is 15.8. The zero-order chi connectivity index (χ0) is 16.9. The maximum absolute atomic E-state index is 12.3. The molecule has 24 heavy (non-hydrogen) atoms. The van der Waals surface area contributed by atoms with Gasteiger partial charge in [0.15, 0.2) is 0 Å². The van der Waals surface area contributed by atoms with Gasteiger partial charge in [0, 0.05) is 11.6 Å². The van der Waals surface area contributed by atoms with E-state index in [0.29, 0.717) is 28.6 Å². The molecule has 0 unspecified atom stereocenters. The van der Waals surface area contributed by atoms with Crippen LogP contribution < -0.4 is 14.8 Å². The Morgan fingerprint density at radius 1 is 1.25 bits per heavy atom. The zero-order valence-electron chi connectivity index (χ0n) is 13.2. The van der Waals surface area contributed by atoms with E-state index in [-0.39, 0.29) is 12.5 Å². The van der Waals surface area contributed by atoms with E-state index in [2.05, 4.69) is 10.3 Å². The van der Waals surface area contributed by atoms with Gasteiger partial charge in [-0.05, 0) is 23.6 Å². The highest BCUT2D eigenvalue weighted by Gasteiger charge is 2.12. The summed E-state index contributed by atoms with van der Waals surface area (Å²) in [6, 6.07) is 8.88. The van der Waals surface area contributed by atoms with Gasteiger partial charge in [-0.3, -0.25) is 4.79 Å². The normalized spacial score (nSPS) is 10.4. The van der Waals surface area contributed by atoms with Crippen LogP contribution in [0.15, 0.2) is 46.4 Å². The number of methoxy groups -OCH3 is 2. The third kappa shape index (κ3) is 3.57.